The lowest BCUT2D eigenvalue weighted by Crippen LogP contribution is -2.50. The van der Waals surface area contributed by atoms with E-state index in [-0.39, 0.29) is 36.0 Å². The number of anilines is 1. The minimum atomic E-state index is -0.911. The van der Waals surface area contributed by atoms with Crippen molar-refractivity contribution in [3.8, 4) is 17.3 Å². The molecule has 2 aromatic carbocycles. The van der Waals surface area contributed by atoms with Crippen LogP contribution in [0.2, 0.25) is 5.02 Å². The number of likely N-dealkylation sites (tertiary alicyclic amines) is 1. The number of alkyl halides is 1. The number of nitrogens with zero attached hydrogens (tertiary/aromatic N) is 6. The highest BCUT2D eigenvalue weighted by Crippen LogP contribution is 2.41. The lowest BCUT2D eigenvalue weighted by Gasteiger charge is -2.38. The number of hydrogen-bond acceptors (Lipinski definition) is 8. The molecule has 0 unspecified atom stereocenters. The highest BCUT2D eigenvalue weighted by Gasteiger charge is 2.49. The molecule has 12 heteroatoms. The van der Waals surface area contributed by atoms with Crippen molar-refractivity contribution in [2.45, 2.75) is 76.2 Å². The van der Waals surface area contributed by atoms with E-state index in [1.54, 1.807) is 23.2 Å². The zero-order valence-corrected chi connectivity index (χ0v) is 28.6. The Bertz CT molecular complexity index is 1870. The highest BCUT2D eigenvalue weighted by molar-refractivity contribution is 6.36. The van der Waals surface area contributed by atoms with E-state index in [1.807, 2.05) is 57.0 Å². The van der Waals surface area contributed by atoms with Gasteiger partial charge in [-0.25, -0.2) is 13.6 Å². The van der Waals surface area contributed by atoms with Gasteiger partial charge in [0.05, 0.1) is 10.9 Å². The summed E-state index contributed by atoms with van der Waals surface area (Å²) in [5, 5.41) is 2.47. The maximum Gasteiger partial charge on any atom is 0.410 e. The summed E-state index contributed by atoms with van der Waals surface area (Å²) in [6.45, 7) is 7.95. The first-order valence-electron chi connectivity index (χ1n) is 16.7. The van der Waals surface area contributed by atoms with Crippen LogP contribution in [0.3, 0.4) is 0 Å². The average molecular weight is 679 g/mol. The van der Waals surface area contributed by atoms with E-state index in [0.29, 0.717) is 53.2 Å². The number of ether oxygens (including phenoxy) is 2. The Morgan fingerprint density at radius 1 is 1.12 bits per heavy atom. The zero-order chi connectivity index (χ0) is 33.8. The molecule has 3 saturated heterocycles. The van der Waals surface area contributed by atoms with E-state index in [1.165, 1.54) is 0 Å². The van der Waals surface area contributed by atoms with E-state index in [4.69, 9.17) is 26.1 Å². The first-order chi connectivity index (χ1) is 22.9. The van der Waals surface area contributed by atoms with E-state index in [0.717, 1.165) is 37.6 Å². The van der Waals surface area contributed by atoms with E-state index in [9.17, 15) is 9.18 Å². The smallest absolute Gasteiger partial charge is 0.410 e. The fourth-order valence-corrected chi connectivity index (χ4v) is 7.90. The van der Waals surface area contributed by atoms with Crippen LogP contribution >= 0.6 is 11.6 Å². The number of piperidine rings is 1. The number of aromatic nitrogens is 3. The third-order valence-corrected chi connectivity index (χ3v) is 10.2. The molecule has 3 aliphatic rings. The number of rotatable bonds is 6. The van der Waals surface area contributed by atoms with Crippen molar-refractivity contribution in [3.63, 3.8) is 0 Å². The molecule has 5 heterocycles. The summed E-state index contributed by atoms with van der Waals surface area (Å²) >= 11 is 6.62. The van der Waals surface area contributed by atoms with Crippen LogP contribution in [0.5, 0.6) is 6.01 Å². The summed E-state index contributed by atoms with van der Waals surface area (Å²) in [5.41, 5.74) is -0.316. The van der Waals surface area contributed by atoms with Gasteiger partial charge in [0.25, 0.3) is 0 Å². The van der Waals surface area contributed by atoms with Crippen molar-refractivity contribution in [1.82, 2.24) is 24.8 Å². The maximum absolute atomic E-state index is 16.8. The Morgan fingerprint density at radius 2 is 1.92 bits per heavy atom. The van der Waals surface area contributed by atoms with Gasteiger partial charge in [-0.1, -0.05) is 41.9 Å². The second kappa shape index (κ2) is 12.6. The topological polar surface area (TPSA) is 83.9 Å². The van der Waals surface area contributed by atoms with Crippen LogP contribution in [0.4, 0.5) is 19.4 Å². The van der Waals surface area contributed by atoms with Crippen molar-refractivity contribution in [1.29, 1.82) is 0 Å². The zero-order valence-electron chi connectivity index (χ0n) is 27.8. The summed E-state index contributed by atoms with van der Waals surface area (Å²) in [6.07, 6.45) is 4.04. The van der Waals surface area contributed by atoms with Crippen LogP contribution in [-0.2, 0) is 4.74 Å². The van der Waals surface area contributed by atoms with E-state index < -0.39 is 23.1 Å². The summed E-state index contributed by atoms with van der Waals surface area (Å²) < 4.78 is 43.3. The number of hydrogen-bond donors (Lipinski definition) is 0. The molecule has 3 fully saturated rings. The molecule has 2 aromatic heterocycles. The molecular weight excluding hydrogens is 638 g/mol. The van der Waals surface area contributed by atoms with Gasteiger partial charge in [-0.2, -0.15) is 9.97 Å². The largest absolute Gasteiger partial charge is 0.461 e. The number of likely N-dealkylation sites (N-methyl/N-ethyl adjacent to an activating group) is 1. The quantitative estimate of drug-likeness (QED) is 0.208. The molecular formula is C36H41ClF2N6O3. The van der Waals surface area contributed by atoms with E-state index in [2.05, 4.69) is 14.9 Å². The number of halogens is 3. The molecule has 4 aromatic rings. The predicted molar refractivity (Wildman–Crippen MR) is 183 cm³/mol. The average Bonchev–Trinajstić information content (AvgIpc) is 3.58. The minimum Gasteiger partial charge on any atom is -0.461 e. The fraction of sp³-hybridized carbons (Fsp3) is 0.500. The molecule has 48 heavy (non-hydrogen) atoms. The van der Waals surface area contributed by atoms with Crippen molar-refractivity contribution in [2.24, 2.45) is 0 Å². The molecule has 0 radical (unpaired) electrons. The summed E-state index contributed by atoms with van der Waals surface area (Å²) in [5.74, 6) is -0.179. The number of amides is 1. The Morgan fingerprint density at radius 3 is 2.71 bits per heavy atom. The Hall–Kier alpha value is -3.83. The second-order valence-corrected chi connectivity index (χ2v) is 14.8. The van der Waals surface area contributed by atoms with Gasteiger partial charge in [0.15, 0.2) is 5.82 Å². The van der Waals surface area contributed by atoms with Crippen LogP contribution in [0.15, 0.2) is 42.6 Å². The molecule has 254 valence electrons. The van der Waals surface area contributed by atoms with Crippen molar-refractivity contribution in [2.75, 3.05) is 44.7 Å². The molecule has 0 spiro atoms. The lowest BCUT2D eigenvalue weighted by atomic mass is 9.95. The van der Waals surface area contributed by atoms with Crippen LogP contribution < -0.4 is 9.64 Å². The molecule has 0 N–H and O–H groups in total. The summed E-state index contributed by atoms with van der Waals surface area (Å²) in [6, 6.07) is 11.0. The Labute approximate surface area is 284 Å². The molecule has 7 rings (SSSR count). The molecule has 3 atom stereocenters. The number of benzene rings is 2. The van der Waals surface area contributed by atoms with Gasteiger partial charge < -0.3 is 19.3 Å². The maximum atomic E-state index is 16.8. The van der Waals surface area contributed by atoms with Gasteiger partial charge in [0, 0.05) is 61.3 Å². The third kappa shape index (κ3) is 6.11. The third-order valence-electron chi connectivity index (χ3n) is 9.91. The highest BCUT2D eigenvalue weighted by atomic mass is 35.5. The SMILES string of the molecule is CN(c1nc(OC[C@@]23CCCN2C[C@H](F)C3)nc2c(F)c(-c3cccc4cccc(Cl)c34)ncc12)[C@@H]1CCCN(C(=O)OC(C)(C)C)C1. The van der Waals surface area contributed by atoms with Gasteiger partial charge in [-0.15, -0.1) is 0 Å². The summed E-state index contributed by atoms with van der Waals surface area (Å²) in [4.78, 5) is 32.9. The fourth-order valence-electron chi connectivity index (χ4n) is 7.62. The number of pyridine rings is 1. The van der Waals surface area contributed by atoms with Gasteiger partial charge in [0.1, 0.15) is 35.4 Å². The van der Waals surface area contributed by atoms with Crippen molar-refractivity contribution < 1.29 is 23.0 Å². The Balaban J connectivity index is 1.29. The molecule has 0 saturated carbocycles. The van der Waals surface area contributed by atoms with E-state index >= 15 is 4.39 Å². The van der Waals surface area contributed by atoms with Crippen molar-refractivity contribution >= 4 is 45.2 Å². The summed E-state index contributed by atoms with van der Waals surface area (Å²) in [7, 11) is 1.88. The monoisotopic (exact) mass is 678 g/mol. The minimum absolute atomic E-state index is 0.0136. The lowest BCUT2D eigenvalue weighted by molar-refractivity contribution is 0.0199. The van der Waals surface area contributed by atoms with Crippen LogP contribution in [0.1, 0.15) is 52.9 Å². The number of carbonyl (C=O) groups is 1. The normalized spacial score (nSPS) is 23.1. The van der Waals surface area contributed by atoms with Gasteiger partial charge in [-0.3, -0.25) is 9.88 Å². The van der Waals surface area contributed by atoms with Gasteiger partial charge in [-0.05, 0) is 64.5 Å². The first-order valence-corrected chi connectivity index (χ1v) is 17.1. The van der Waals surface area contributed by atoms with Crippen LogP contribution in [0, 0.1) is 5.82 Å². The molecule has 0 aliphatic carbocycles. The van der Waals surface area contributed by atoms with Gasteiger partial charge >= 0.3 is 12.1 Å². The standard InChI is InChI=1S/C36H41ClF2N6O3/c1-35(2,3)48-34(46)44-15-7-11-24(20-44)43(4)32-26-18-40-30(25-12-5-9-22-10-6-13-27(37)28(22)25)29(39)31(26)41-33(42-32)47-21-36-14-8-16-45(36)19-23(38)17-36/h5-6,9-10,12-13,18,23-24H,7-8,11,14-17,19-21H2,1-4H3/t23-,24-,36+/m1/s1. The Kier molecular flexibility index (Phi) is 8.56. The molecule has 1 amide bonds. The second-order valence-electron chi connectivity index (χ2n) is 14.4. The van der Waals surface area contributed by atoms with Gasteiger partial charge in [0.2, 0.25) is 0 Å². The van der Waals surface area contributed by atoms with Crippen LogP contribution in [0.25, 0.3) is 32.9 Å². The predicted octanol–water partition coefficient (Wildman–Crippen LogP) is 7.43. The van der Waals surface area contributed by atoms with Crippen LogP contribution in [-0.4, -0.2) is 94.0 Å². The first kappa shape index (κ1) is 32.7. The number of carbonyl (C=O) groups excluding carboxylic acids is 1. The molecule has 9 nitrogen and oxygen atoms in total. The molecule has 0 bridgehead atoms. The van der Waals surface area contributed by atoms with Crippen molar-refractivity contribution in [3.05, 3.63) is 53.4 Å². The molecule has 3 aliphatic heterocycles. The number of fused-ring (bicyclic) bond motifs is 3.